The molecule has 1 aromatic carbocycles. The zero-order valence-electron chi connectivity index (χ0n) is 15.3. The predicted molar refractivity (Wildman–Crippen MR) is 97.3 cm³/mol. The molecule has 2 aliphatic rings. The summed E-state index contributed by atoms with van der Waals surface area (Å²) >= 11 is 0. The maximum atomic E-state index is 13.0. The Kier molecular flexibility index (Phi) is 5.07. The molecule has 146 valence electrons. The molecule has 0 saturated carbocycles. The Labute approximate surface area is 158 Å². The molecule has 0 spiro atoms. The van der Waals surface area contributed by atoms with Crippen LogP contribution in [0.25, 0.3) is 0 Å². The highest BCUT2D eigenvalue weighted by molar-refractivity contribution is 7.89. The molecule has 8 nitrogen and oxygen atoms in total. The molecule has 1 saturated heterocycles. The van der Waals surface area contributed by atoms with E-state index in [0.29, 0.717) is 57.4 Å². The van der Waals surface area contributed by atoms with E-state index in [1.807, 2.05) is 13.0 Å². The van der Waals surface area contributed by atoms with E-state index < -0.39 is 10.0 Å². The molecule has 0 N–H and O–H groups in total. The minimum Gasteiger partial charge on any atom is -0.490 e. The Balaban J connectivity index is 1.43. The van der Waals surface area contributed by atoms with Crippen LogP contribution in [0.3, 0.4) is 0 Å². The molecule has 3 heterocycles. The van der Waals surface area contributed by atoms with Gasteiger partial charge in [0.25, 0.3) is 0 Å². The average molecular weight is 393 g/mol. The number of nitrogens with zero attached hydrogens (tertiary/aromatic N) is 3. The number of ether oxygens (including phenoxy) is 2. The van der Waals surface area contributed by atoms with E-state index in [9.17, 15) is 8.42 Å². The third kappa shape index (κ3) is 3.95. The first-order valence-corrected chi connectivity index (χ1v) is 10.5. The summed E-state index contributed by atoms with van der Waals surface area (Å²) in [5.41, 5.74) is 0.848. The molecule has 2 aromatic rings. The fourth-order valence-corrected chi connectivity index (χ4v) is 4.73. The highest BCUT2D eigenvalue weighted by Gasteiger charge is 2.30. The summed E-state index contributed by atoms with van der Waals surface area (Å²) in [7, 11) is -3.56. The summed E-state index contributed by atoms with van der Waals surface area (Å²) in [6.45, 7) is 5.77. The first kappa shape index (κ1) is 18.3. The topological polar surface area (TPSA) is 85.1 Å². The van der Waals surface area contributed by atoms with Crippen LogP contribution in [0.4, 0.5) is 0 Å². The van der Waals surface area contributed by atoms with E-state index >= 15 is 0 Å². The van der Waals surface area contributed by atoms with Gasteiger partial charge in [-0.3, -0.25) is 4.90 Å². The van der Waals surface area contributed by atoms with Gasteiger partial charge in [0, 0.05) is 44.7 Å². The van der Waals surface area contributed by atoms with Crippen molar-refractivity contribution in [3.05, 3.63) is 35.7 Å². The number of sulfonamides is 1. The molecule has 27 heavy (non-hydrogen) atoms. The quantitative estimate of drug-likeness (QED) is 0.781. The second-order valence-corrected chi connectivity index (χ2v) is 8.71. The monoisotopic (exact) mass is 393 g/mol. The van der Waals surface area contributed by atoms with Crippen molar-refractivity contribution in [3.63, 3.8) is 0 Å². The lowest BCUT2D eigenvalue weighted by Crippen LogP contribution is -2.48. The van der Waals surface area contributed by atoms with Crippen molar-refractivity contribution >= 4 is 10.0 Å². The van der Waals surface area contributed by atoms with E-state index in [0.717, 1.165) is 17.9 Å². The molecule has 9 heteroatoms. The van der Waals surface area contributed by atoms with Crippen LogP contribution >= 0.6 is 0 Å². The van der Waals surface area contributed by atoms with Crippen LogP contribution in [0.15, 0.2) is 33.7 Å². The number of fused-ring (bicyclic) bond motifs is 1. The van der Waals surface area contributed by atoms with Gasteiger partial charge in [-0.15, -0.1) is 0 Å². The number of aryl methyl sites for hydroxylation is 1. The predicted octanol–water partition coefficient (Wildman–Crippen LogP) is 1.65. The zero-order valence-corrected chi connectivity index (χ0v) is 16.1. The molecule has 0 amide bonds. The van der Waals surface area contributed by atoms with Gasteiger partial charge in [-0.05, 0) is 19.1 Å². The minimum atomic E-state index is -3.56. The number of piperazine rings is 1. The van der Waals surface area contributed by atoms with Gasteiger partial charge >= 0.3 is 0 Å². The zero-order chi connectivity index (χ0) is 18.9. The standard InChI is InChI=1S/C18H23N3O5S/c1-14-11-15(26-19-14)13-20-5-7-21(8-6-20)27(22,23)16-3-4-17-18(12-16)25-10-2-9-24-17/h3-4,11-12H,2,5-10,13H2,1H3. The van der Waals surface area contributed by atoms with Crippen molar-refractivity contribution in [2.75, 3.05) is 39.4 Å². The van der Waals surface area contributed by atoms with E-state index in [4.69, 9.17) is 14.0 Å². The SMILES string of the molecule is Cc1cc(CN2CCN(S(=O)(=O)c3ccc4c(c3)OCCCO4)CC2)on1. The first-order valence-electron chi connectivity index (χ1n) is 9.07. The van der Waals surface area contributed by atoms with Gasteiger partial charge in [0.15, 0.2) is 17.3 Å². The maximum Gasteiger partial charge on any atom is 0.243 e. The summed E-state index contributed by atoms with van der Waals surface area (Å²) in [5, 5.41) is 3.89. The van der Waals surface area contributed by atoms with Crippen molar-refractivity contribution in [3.8, 4) is 11.5 Å². The van der Waals surface area contributed by atoms with Gasteiger partial charge < -0.3 is 14.0 Å². The molecular weight excluding hydrogens is 370 g/mol. The van der Waals surface area contributed by atoms with Gasteiger partial charge in [-0.25, -0.2) is 8.42 Å². The second kappa shape index (κ2) is 7.49. The fourth-order valence-electron chi connectivity index (χ4n) is 3.29. The molecule has 0 bridgehead atoms. The lowest BCUT2D eigenvalue weighted by Gasteiger charge is -2.33. The minimum absolute atomic E-state index is 0.242. The molecule has 0 atom stereocenters. The van der Waals surface area contributed by atoms with Crippen LogP contribution in [0.2, 0.25) is 0 Å². The lowest BCUT2D eigenvalue weighted by molar-refractivity contribution is 0.166. The van der Waals surface area contributed by atoms with Crippen LogP contribution in [0.5, 0.6) is 11.5 Å². The number of aromatic nitrogens is 1. The lowest BCUT2D eigenvalue weighted by atomic mass is 10.3. The third-order valence-corrected chi connectivity index (χ3v) is 6.64. The number of hydrogen-bond donors (Lipinski definition) is 0. The van der Waals surface area contributed by atoms with Crippen molar-refractivity contribution < 1.29 is 22.4 Å². The summed E-state index contributed by atoms with van der Waals surface area (Å²) < 4.78 is 44.0. The molecule has 0 aliphatic carbocycles. The number of hydrogen-bond acceptors (Lipinski definition) is 7. The maximum absolute atomic E-state index is 13.0. The Bertz CT molecular complexity index is 903. The van der Waals surface area contributed by atoms with Gasteiger partial charge in [0.05, 0.1) is 30.3 Å². The van der Waals surface area contributed by atoms with Gasteiger partial charge in [-0.1, -0.05) is 5.16 Å². The van der Waals surface area contributed by atoms with Crippen LogP contribution < -0.4 is 9.47 Å². The fraction of sp³-hybridized carbons (Fsp3) is 0.500. The van der Waals surface area contributed by atoms with E-state index in [2.05, 4.69) is 10.1 Å². The molecule has 1 fully saturated rings. The highest BCUT2D eigenvalue weighted by Crippen LogP contribution is 2.33. The third-order valence-electron chi connectivity index (χ3n) is 4.74. The summed E-state index contributed by atoms with van der Waals surface area (Å²) in [4.78, 5) is 2.41. The van der Waals surface area contributed by atoms with Gasteiger partial charge in [0.2, 0.25) is 10.0 Å². The van der Waals surface area contributed by atoms with Crippen LogP contribution in [0.1, 0.15) is 17.9 Å². The average Bonchev–Trinajstić information content (AvgIpc) is 2.92. The molecule has 0 radical (unpaired) electrons. The normalized spacial score (nSPS) is 19.0. The summed E-state index contributed by atoms with van der Waals surface area (Å²) in [6.07, 6.45) is 0.781. The first-order chi connectivity index (χ1) is 13.0. The highest BCUT2D eigenvalue weighted by atomic mass is 32.2. The molecule has 4 rings (SSSR count). The summed E-state index contributed by atoms with van der Waals surface area (Å²) in [6, 6.07) is 6.74. The molecule has 1 aromatic heterocycles. The van der Waals surface area contributed by atoms with Gasteiger partial charge in [-0.2, -0.15) is 4.31 Å². The van der Waals surface area contributed by atoms with Gasteiger partial charge in [0.1, 0.15) is 0 Å². The molecule has 2 aliphatic heterocycles. The Hall–Kier alpha value is -2.10. The van der Waals surface area contributed by atoms with E-state index in [-0.39, 0.29) is 4.90 Å². The Morgan fingerprint density at radius 2 is 1.78 bits per heavy atom. The van der Waals surface area contributed by atoms with Crippen LogP contribution in [-0.2, 0) is 16.6 Å². The van der Waals surface area contributed by atoms with Crippen molar-refractivity contribution in [1.29, 1.82) is 0 Å². The Morgan fingerprint density at radius 3 is 2.48 bits per heavy atom. The number of rotatable bonds is 4. The number of benzene rings is 1. The molecule has 0 unspecified atom stereocenters. The second-order valence-electron chi connectivity index (χ2n) is 6.77. The van der Waals surface area contributed by atoms with Crippen molar-refractivity contribution in [2.24, 2.45) is 0 Å². The smallest absolute Gasteiger partial charge is 0.243 e. The summed E-state index contributed by atoms with van der Waals surface area (Å²) in [5.74, 6) is 1.89. The van der Waals surface area contributed by atoms with Crippen LogP contribution in [-0.4, -0.2) is 62.2 Å². The van der Waals surface area contributed by atoms with Crippen LogP contribution in [0, 0.1) is 6.92 Å². The van der Waals surface area contributed by atoms with E-state index in [1.54, 1.807) is 18.2 Å². The molecular formula is C18H23N3O5S. The largest absolute Gasteiger partial charge is 0.490 e. The van der Waals surface area contributed by atoms with Crippen molar-refractivity contribution in [2.45, 2.75) is 24.8 Å². The Morgan fingerprint density at radius 1 is 1.04 bits per heavy atom. The van der Waals surface area contributed by atoms with Crippen molar-refractivity contribution in [1.82, 2.24) is 14.4 Å². The van der Waals surface area contributed by atoms with E-state index in [1.165, 1.54) is 4.31 Å².